The molecule has 0 saturated carbocycles. The van der Waals surface area contributed by atoms with Gasteiger partial charge in [0, 0.05) is 12.8 Å². The molecule has 17 heavy (non-hydrogen) atoms. The second-order valence-electron chi connectivity index (χ2n) is 4.30. The van der Waals surface area contributed by atoms with Gasteiger partial charge < -0.3 is 29.4 Å². The first-order chi connectivity index (χ1) is 8.10. The summed E-state index contributed by atoms with van der Waals surface area (Å²) in [5.41, 5.74) is -1.30. The fourth-order valence-corrected chi connectivity index (χ4v) is 1.96. The summed E-state index contributed by atoms with van der Waals surface area (Å²) >= 11 is 0. The average molecular weight is 245 g/mol. The number of ether oxygens (including phenoxy) is 3. The molecule has 7 nitrogen and oxygen atoms in total. The number of carbonyl (C=O) groups excluding carboxylic acids is 1. The summed E-state index contributed by atoms with van der Waals surface area (Å²) in [7, 11) is 0. The van der Waals surface area contributed by atoms with Gasteiger partial charge in [0.2, 0.25) is 0 Å². The highest BCUT2D eigenvalue weighted by molar-refractivity contribution is 5.75. The number of aldehydes is 1. The van der Waals surface area contributed by atoms with Gasteiger partial charge in [0.05, 0.1) is 26.4 Å². The molecule has 2 rings (SSSR count). The van der Waals surface area contributed by atoms with Crippen LogP contribution in [-0.2, 0) is 19.0 Å². The number of carboxylic acid groups (broad SMARTS) is 1. The van der Waals surface area contributed by atoms with Gasteiger partial charge in [-0.25, -0.2) is 4.79 Å². The Morgan fingerprint density at radius 2 is 1.82 bits per heavy atom. The fourth-order valence-electron chi connectivity index (χ4n) is 1.96. The highest BCUT2D eigenvalue weighted by atomic mass is 16.7. The minimum atomic E-state index is -1.30. The number of carbonyl (C=O) groups is 2. The molecule has 0 aromatic carbocycles. The summed E-state index contributed by atoms with van der Waals surface area (Å²) < 4.78 is 16.3. The molecule has 0 aromatic rings. The SMILES string of the molecule is O=CC1(NC(=O)O)COC2(CCOCC2)OC1. The summed E-state index contributed by atoms with van der Waals surface area (Å²) in [6.45, 7) is 1.06. The van der Waals surface area contributed by atoms with Crippen molar-refractivity contribution in [3.05, 3.63) is 0 Å². The molecule has 0 atom stereocenters. The molecule has 2 fully saturated rings. The molecular formula is C10H15NO6. The van der Waals surface area contributed by atoms with Crippen LogP contribution in [-0.4, -0.2) is 55.2 Å². The van der Waals surface area contributed by atoms with Crippen LogP contribution in [0.4, 0.5) is 4.79 Å². The fraction of sp³-hybridized carbons (Fsp3) is 0.800. The van der Waals surface area contributed by atoms with Crippen molar-refractivity contribution in [2.45, 2.75) is 24.2 Å². The standard InChI is InChI=1S/C10H15NO6/c12-5-9(11-8(13)14)6-16-10(17-7-9)1-3-15-4-2-10/h5,11H,1-4,6-7H2,(H,13,14). The van der Waals surface area contributed by atoms with Crippen molar-refractivity contribution in [1.82, 2.24) is 5.32 Å². The number of hydrogen-bond acceptors (Lipinski definition) is 5. The van der Waals surface area contributed by atoms with Crippen LogP contribution in [0, 0.1) is 0 Å². The first-order valence-electron chi connectivity index (χ1n) is 5.43. The van der Waals surface area contributed by atoms with Crippen molar-refractivity contribution >= 4 is 12.4 Å². The molecule has 7 heteroatoms. The molecule has 2 N–H and O–H groups in total. The van der Waals surface area contributed by atoms with E-state index in [4.69, 9.17) is 19.3 Å². The third-order valence-electron chi connectivity index (χ3n) is 3.02. The highest BCUT2D eigenvalue weighted by Crippen LogP contribution is 2.32. The zero-order valence-electron chi connectivity index (χ0n) is 9.31. The minimum Gasteiger partial charge on any atom is -0.465 e. The summed E-state index contributed by atoms with van der Waals surface area (Å²) in [5, 5.41) is 10.8. The lowest BCUT2D eigenvalue weighted by Crippen LogP contribution is -2.63. The topological polar surface area (TPSA) is 94.1 Å². The molecule has 0 unspecified atom stereocenters. The molecule has 2 heterocycles. The zero-order chi connectivity index (χ0) is 12.4. The van der Waals surface area contributed by atoms with Crippen molar-refractivity contribution < 1.29 is 28.9 Å². The summed E-state index contributed by atoms with van der Waals surface area (Å²) in [6, 6.07) is 0. The van der Waals surface area contributed by atoms with Gasteiger partial charge >= 0.3 is 6.09 Å². The highest BCUT2D eigenvalue weighted by Gasteiger charge is 2.46. The van der Waals surface area contributed by atoms with Crippen LogP contribution in [0.3, 0.4) is 0 Å². The first kappa shape index (κ1) is 12.3. The Hall–Kier alpha value is -1.18. The number of rotatable bonds is 2. The van der Waals surface area contributed by atoms with Crippen LogP contribution in [0.15, 0.2) is 0 Å². The summed E-state index contributed by atoms with van der Waals surface area (Å²) in [6.07, 6.45) is 0.435. The normalized spacial score (nSPS) is 26.4. The average Bonchev–Trinajstić information content (AvgIpc) is 2.33. The molecule has 1 spiro atoms. The minimum absolute atomic E-state index is 0.0111. The van der Waals surface area contributed by atoms with Crippen molar-refractivity contribution in [3.8, 4) is 0 Å². The zero-order valence-corrected chi connectivity index (χ0v) is 9.31. The number of hydrogen-bond donors (Lipinski definition) is 2. The Balaban J connectivity index is 1.99. The Morgan fingerprint density at radius 1 is 1.24 bits per heavy atom. The summed E-state index contributed by atoms with van der Waals surface area (Å²) in [5.74, 6) is -0.717. The van der Waals surface area contributed by atoms with E-state index in [2.05, 4.69) is 5.32 Å². The van der Waals surface area contributed by atoms with Crippen molar-refractivity contribution in [2.24, 2.45) is 0 Å². The van der Waals surface area contributed by atoms with Gasteiger partial charge in [-0.2, -0.15) is 0 Å². The van der Waals surface area contributed by atoms with E-state index >= 15 is 0 Å². The third-order valence-corrected chi connectivity index (χ3v) is 3.02. The molecule has 2 aliphatic rings. The predicted octanol–water partition coefficient (Wildman–Crippen LogP) is -0.255. The van der Waals surface area contributed by atoms with Crippen LogP contribution in [0.1, 0.15) is 12.8 Å². The maximum atomic E-state index is 11.0. The largest absolute Gasteiger partial charge is 0.465 e. The molecule has 2 saturated heterocycles. The summed E-state index contributed by atoms with van der Waals surface area (Å²) in [4.78, 5) is 21.6. The molecular weight excluding hydrogens is 230 g/mol. The van der Waals surface area contributed by atoms with E-state index in [1.54, 1.807) is 0 Å². The molecule has 2 aliphatic heterocycles. The van der Waals surface area contributed by atoms with Gasteiger partial charge in [-0.1, -0.05) is 0 Å². The monoisotopic (exact) mass is 245 g/mol. The lowest BCUT2D eigenvalue weighted by molar-refractivity contribution is -0.307. The molecule has 96 valence electrons. The van der Waals surface area contributed by atoms with Crippen LogP contribution in [0.5, 0.6) is 0 Å². The first-order valence-corrected chi connectivity index (χ1v) is 5.43. The van der Waals surface area contributed by atoms with Crippen LogP contribution < -0.4 is 5.32 Å². The number of amides is 1. The maximum absolute atomic E-state index is 11.0. The van der Waals surface area contributed by atoms with E-state index in [1.807, 2.05) is 0 Å². The Bertz CT molecular complexity index is 302. The molecule has 1 amide bonds. The van der Waals surface area contributed by atoms with E-state index in [0.29, 0.717) is 32.3 Å². The Morgan fingerprint density at radius 3 is 2.29 bits per heavy atom. The molecule has 0 bridgehead atoms. The molecule has 0 aromatic heterocycles. The third kappa shape index (κ3) is 2.56. The second-order valence-corrected chi connectivity index (χ2v) is 4.30. The maximum Gasteiger partial charge on any atom is 0.405 e. The molecule has 0 aliphatic carbocycles. The second kappa shape index (κ2) is 4.59. The molecule has 0 radical (unpaired) electrons. The van der Waals surface area contributed by atoms with E-state index in [-0.39, 0.29) is 13.2 Å². The lowest BCUT2D eigenvalue weighted by atomic mass is 9.99. The smallest absolute Gasteiger partial charge is 0.405 e. The van der Waals surface area contributed by atoms with Crippen LogP contribution >= 0.6 is 0 Å². The Kier molecular flexibility index (Phi) is 3.32. The van der Waals surface area contributed by atoms with Gasteiger partial charge in [-0.15, -0.1) is 0 Å². The van der Waals surface area contributed by atoms with E-state index in [1.165, 1.54) is 0 Å². The predicted molar refractivity (Wildman–Crippen MR) is 54.6 cm³/mol. The van der Waals surface area contributed by atoms with Crippen LogP contribution in [0.2, 0.25) is 0 Å². The van der Waals surface area contributed by atoms with Gasteiger partial charge in [0.1, 0.15) is 11.8 Å². The van der Waals surface area contributed by atoms with Crippen molar-refractivity contribution in [3.63, 3.8) is 0 Å². The van der Waals surface area contributed by atoms with Gasteiger partial charge in [-0.3, -0.25) is 0 Å². The van der Waals surface area contributed by atoms with Crippen molar-refractivity contribution in [1.29, 1.82) is 0 Å². The van der Waals surface area contributed by atoms with Crippen molar-refractivity contribution in [2.75, 3.05) is 26.4 Å². The van der Waals surface area contributed by atoms with Gasteiger partial charge in [0.15, 0.2) is 5.79 Å². The van der Waals surface area contributed by atoms with E-state index < -0.39 is 17.4 Å². The van der Waals surface area contributed by atoms with E-state index in [0.717, 1.165) is 0 Å². The van der Waals surface area contributed by atoms with Crippen LogP contribution in [0.25, 0.3) is 0 Å². The Labute approximate surface area is 98.0 Å². The van der Waals surface area contributed by atoms with Gasteiger partial charge in [-0.05, 0) is 0 Å². The lowest BCUT2D eigenvalue weighted by Gasteiger charge is -2.45. The quantitative estimate of drug-likeness (QED) is 0.651. The van der Waals surface area contributed by atoms with Gasteiger partial charge in [0.25, 0.3) is 0 Å². The number of nitrogens with one attached hydrogen (secondary N) is 1. The van der Waals surface area contributed by atoms with E-state index in [9.17, 15) is 9.59 Å².